The fourth-order valence-electron chi connectivity index (χ4n) is 3.43. The number of amides is 2. The van der Waals surface area contributed by atoms with Crippen molar-refractivity contribution in [3.05, 3.63) is 60.6 Å². The minimum absolute atomic E-state index is 0.0143. The van der Waals surface area contributed by atoms with Crippen molar-refractivity contribution in [1.82, 2.24) is 9.38 Å². The standard InChI is InChI=1S/C20H20N4O2/c1-14-12-24(17-8-4-3-7-16(17)22(2)20(14)26)19(25)11-15-13-23-10-6-5-9-18(23)21-15/h3-10,13-14H,11-12H2,1-2H3. The quantitative estimate of drug-likeness (QED) is 0.715. The van der Waals surface area contributed by atoms with Gasteiger partial charge in [0, 0.05) is 26.0 Å². The average Bonchev–Trinajstić information content (AvgIpc) is 3.03. The second-order valence-corrected chi connectivity index (χ2v) is 6.67. The summed E-state index contributed by atoms with van der Waals surface area (Å²) in [6.45, 7) is 2.22. The third-order valence-corrected chi connectivity index (χ3v) is 4.79. The lowest BCUT2D eigenvalue weighted by molar-refractivity contribution is -0.121. The van der Waals surface area contributed by atoms with Gasteiger partial charge in [-0.05, 0) is 24.3 Å². The van der Waals surface area contributed by atoms with E-state index in [1.165, 1.54) is 0 Å². The lowest BCUT2D eigenvalue weighted by Gasteiger charge is -2.23. The Morgan fingerprint density at radius 2 is 1.88 bits per heavy atom. The minimum atomic E-state index is -0.266. The Kier molecular flexibility index (Phi) is 3.95. The van der Waals surface area contributed by atoms with Crippen molar-refractivity contribution in [2.75, 3.05) is 23.4 Å². The Morgan fingerprint density at radius 3 is 2.65 bits per heavy atom. The Morgan fingerprint density at radius 1 is 1.15 bits per heavy atom. The van der Waals surface area contributed by atoms with E-state index in [0.29, 0.717) is 6.54 Å². The molecule has 1 unspecified atom stereocenters. The van der Waals surface area contributed by atoms with Crippen LogP contribution in [0, 0.1) is 5.92 Å². The van der Waals surface area contributed by atoms with Gasteiger partial charge < -0.3 is 14.2 Å². The molecule has 0 bridgehead atoms. The van der Waals surface area contributed by atoms with Gasteiger partial charge in [0.15, 0.2) is 0 Å². The number of hydrogen-bond acceptors (Lipinski definition) is 3. The zero-order valence-corrected chi connectivity index (χ0v) is 14.8. The van der Waals surface area contributed by atoms with E-state index in [2.05, 4.69) is 4.98 Å². The number of nitrogens with zero attached hydrogens (tertiary/aromatic N) is 4. The van der Waals surface area contributed by atoms with Crippen LogP contribution in [0.25, 0.3) is 5.65 Å². The highest BCUT2D eigenvalue weighted by Crippen LogP contribution is 2.33. The molecule has 0 fully saturated rings. The first-order chi connectivity index (χ1) is 12.5. The number of carbonyl (C=O) groups is 2. The molecule has 0 saturated heterocycles. The number of fused-ring (bicyclic) bond motifs is 2. The molecule has 26 heavy (non-hydrogen) atoms. The average molecular weight is 348 g/mol. The molecule has 132 valence electrons. The van der Waals surface area contributed by atoms with E-state index in [1.54, 1.807) is 16.8 Å². The highest BCUT2D eigenvalue weighted by molar-refractivity contribution is 6.05. The van der Waals surface area contributed by atoms with Crippen LogP contribution in [-0.2, 0) is 16.0 Å². The highest BCUT2D eigenvalue weighted by atomic mass is 16.2. The maximum atomic E-state index is 13.1. The van der Waals surface area contributed by atoms with Crippen molar-refractivity contribution in [2.24, 2.45) is 5.92 Å². The van der Waals surface area contributed by atoms with E-state index in [-0.39, 0.29) is 24.2 Å². The normalized spacial score (nSPS) is 17.3. The minimum Gasteiger partial charge on any atom is -0.313 e. The van der Waals surface area contributed by atoms with E-state index < -0.39 is 0 Å². The van der Waals surface area contributed by atoms with Crippen LogP contribution in [-0.4, -0.2) is 34.8 Å². The first kappa shape index (κ1) is 16.3. The number of rotatable bonds is 2. The molecule has 0 aliphatic carbocycles. The molecule has 3 aromatic rings. The topological polar surface area (TPSA) is 57.9 Å². The summed E-state index contributed by atoms with van der Waals surface area (Å²) in [6, 6.07) is 13.3. The van der Waals surface area contributed by atoms with Gasteiger partial charge in [-0.3, -0.25) is 9.59 Å². The zero-order valence-electron chi connectivity index (χ0n) is 14.8. The lowest BCUT2D eigenvalue weighted by Crippen LogP contribution is -2.38. The highest BCUT2D eigenvalue weighted by Gasteiger charge is 2.31. The summed E-state index contributed by atoms with van der Waals surface area (Å²) in [6.07, 6.45) is 3.98. The molecule has 0 N–H and O–H groups in total. The third-order valence-electron chi connectivity index (χ3n) is 4.79. The molecule has 0 spiro atoms. The number of aromatic nitrogens is 2. The second-order valence-electron chi connectivity index (χ2n) is 6.67. The molecule has 4 rings (SSSR count). The first-order valence-corrected chi connectivity index (χ1v) is 8.64. The van der Waals surface area contributed by atoms with Gasteiger partial charge >= 0.3 is 0 Å². The smallest absolute Gasteiger partial charge is 0.233 e. The molecule has 1 atom stereocenters. The Balaban J connectivity index is 1.67. The predicted octanol–water partition coefficient (Wildman–Crippen LogP) is 2.52. The fourth-order valence-corrected chi connectivity index (χ4v) is 3.43. The number of imidazole rings is 1. The summed E-state index contributed by atoms with van der Waals surface area (Å²) < 4.78 is 1.90. The molecule has 2 aromatic heterocycles. The van der Waals surface area contributed by atoms with Crippen LogP contribution in [0.3, 0.4) is 0 Å². The summed E-state index contributed by atoms with van der Waals surface area (Å²) in [4.78, 5) is 33.5. The van der Waals surface area contributed by atoms with E-state index in [9.17, 15) is 9.59 Å². The van der Waals surface area contributed by atoms with Gasteiger partial charge in [-0.25, -0.2) is 4.98 Å². The lowest BCUT2D eigenvalue weighted by atomic mass is 10.1. The van der Waals surface area contributed by atoms with Gasteiger partial charge in [-0.2, -0.15) is 0 Å². The number of hydrogen-bond donors (Lipinski definition) is 0. The second kappa shape index (κ2) is 6.29. The van der Waals surface area contributed by atoms with E-state index >= 15 is 0 Å². The van der Waals surface area contributed by atoms with Gasteiger partial charge in [0.1, 0.15) is 5.65 Å². The van der Waals surface area contributed by atoms with Crippen LogP contribution in [0.5, 0.6) is 0 Å². The first-order valence-electron chi connectivity index (χ1n) is 8.64. The molecule has 6 heteroatoms. The number of benzene rings is 1. The third kappa shape index (κ3) is 2.73. The van der Waals surface area contributed by atoms with Crippen molar-refractivity contribution in [2.45, 2.75) is 13.3 Å². The van der Waals surface area contributed by atoms with Crippen LogP contribution in [0.4, 0.5) is 11.4 Å². The van der Waals surface area contributed by atoms with Crippen LogP contribution in [0.15, 0.2) is 54.9 Å². The Labute approximate surface area is 151 Å². The summed E-state index contributed by atoms with van der Waals surface area (Å²) in [5.74, 6) is -0.311. The molecular formula is C20H20N4O2. The Bertz CT molecular complexity index is 961. The molecular weight excluding hydrogens is 328 g/mol. The number of carbonyl (C=O) groups excluding carboxylic acids is 2. The van der Waals surface area contributed by atoms with Gasteiger partial charge in [-0.1, -0.05) is 25.1 Å². The number of anilines is 2. The summed E-state index contributed by atoms with van der Waals surface area (Å²) in [5, 5.41) is 0. The number of para-hydroxylation sites is 2. The van der Waals surface area contributed by atoms with Gasteiger partial charge in [0.25, 0.3) is 0 Å². The summed E-state index contributed by atoms with van der Waals surface area (Å²) in [7, 11) is 1.76. The SMILES string of the molecule is CC1CN(C(=O)Cc2cn3ccccc3n2)c2ccccc2N(C)C1=O. The fraction of sp³-hybridized carbons (Fsp3) is 0.250. The molecule has 0 radical (unpaired) electrons. The van der Waals surface area contributed by atoms with Crippen LogP contribution in [0.2, 0.25) is 0 Å². The summed E-state index contributed by atoms with van der Waals surface area (Å²) >= 11 is 0. The van der Waals surface area contributed by atoms with E-state index in [1.807, 2.05) is 66.2 Å². The molecule has 1 aromatic carbocycles. The molecule has 6 nitrogen and oxygen atoms in total. The molecule has 1 aliphatic heterocycles. The molecule has 1 aliphatic rings. The Hall–Kier alpha value is -3.15. The van der Waals surface area contributed by atoms with Crippen LogP contribution >= 0.6 is 0 Å². The van der Waals surface area contributed by atoms with E-state index in [4.69, 9.17) is 0 Å². The van der Waals surface area contributed by atoms with Crippen molar-refractivity contribution in [3.8, 4) is 0 Å². The van der Waals surface area contributed by atoms with E-state index in [0.717, 1.165) is 22.7 Å². The van der Waals surface area contributed by atoms with Gasteiger partial charge in [0.2, 0.25) is 11.8 Å². The maximum absolute atomic E-state index is 13.1. The zero-order chi connectivity index (χ0) is 18.3. The van der Waals surface area contributed by atoms with Gasteiger partial charge in [-0.15, -0.1) is 0 Å². The predicted molar refractivity (Wildman–Crippen MR) is 100 cm³/mol. The van der Waals surface area contributed by atoms with Crippen molar-refractivity contribution >= 4 is 28.8 Å². The molecule has 3 heterocycles. The molecule has 0 saturated carbocycles. The summed E-state index contributed by atoms with van der Waals surface area (Å²) in [5.41, 5.74) is 3.05. The van der Waals surface area contributed by atoms with Gasteiger partial charge in [0.05, 0.1) is 29.4 Å². The van der Waals surface area contributed by atoms with Crippen molar-refractivity contribution in [3.63, 3.8) is 0 Å². The van der Waals surface area contributed by atoms with Crippen LogP contribution in [0.1, 0.15) is 12.6 Å². The van der Waals surface area contributed by atoms with Crippen molar-refractivity contribution < 1.29 is 9.59 Å². The number of pyridine rings is 1. The van der Waals surface area contributed by atoms with Crippen LogP contribution < -0.4 is 9.80 Å². The maximum Gasteiger partial charge on any atom is 0.233 e. The largest absolute Gasteiger partial charge is 0.313 e. The monoisotopic (exact) mass is 348 g/mol. The van der Waals surface area contributed by atoms with Crippen molar-refractivity contribution in [1.29, 1.82) is 0 Å². The molecule has 2 amide bonds.